The van der Waals surface area contributed by atoms with Crippen LogP contribution in [0.1, 0.15) is 27.8 Å². The molecule has 0 fully saturated rings. The van der Waals surface area contributed by atoms with Crippen molar-refractivity contribution in [2.45, 2.75) is 44.7 Å². The summed E-state index contributed by atoms with van der Waals surface area (Å²) >= 11 is 3.37. The Balaban J connectivity index is 0.00000386. The van der Waals surface area contributed by atoms with Crippen molar-refractivity contribution in [3.63, 3.8) is 0 Å². The molecule has 0 amide bonds. The van der Waals surface area contributed by atoms with E-state index in [9.17, 15) is 0 Å². The van der Waals surface area contributed by atoms with E-state index in [0.717, 1.165) is 48.9 Å². The molecule has 47 heavy (non-hydrogen) atoms. The molecule has 7 aromatic rings. The van der Waals surface area contributed by atoms with E-state index in [1.807, 2.05) is 41.2 Å². The first-order valence-electron chi connectivity index (χ1n) is 15.2. The van der Waals surface area contributed by atoms with Crippen molar-refractivity contribution in [2.24, 2.45) is 0 Å². The minimum absolute atomic E-state index is 0. The molecule has 0 aliphatic heterocycles. The third-order valence-electron chi connectivity index (χ3n) is 8.70. The van der Waals surface area contributed by atoms with E-state index < -0.39 is 0 Å². The first kappa shape index (κ1) is 33.1. The largest absolute Gasteiger partial charge is 2.00 e. The maximum absolute atomic E-state index is 6.45. The van der Waals surface area contributed by atoms with E-state index >= 15 is 0 Å². The quantitative estimate of drug-likeness (QED) is 0.0924. The van der Waals surface area contributed by atoms with E-state index in [-0.39, 0.29) is 20.4 Å². The van der Waals surface area contributed by atoms with Gasteiger partial charge in [0.05, 0.1) is 0 Å². The van der Waals surface area contributed by atoms with Crippen molar-refractivity contribution < 1.29 is 25.2 Å². The van der Waals surface area contributed by atoms with Crippen molar-refractivity contribution >= 4 is 45.3 Å². The summed E-state index contributed by atoms with van der Waals surface area (Å²) in [6, 6.07) is 31.8. The smallest absolute Gasteiger partial charge is 0.509 e. The average Bonchev–Trinajstić information content (AvgIpc) is 3.59. The Morgan fingerprint density at radius 1 is 0.723 bits per heavy atom. The Bertz CT molecular complexity index is 2260. The van der Waals surface area contributed by atoms with Gasteiger partial charge in [0.1, 0.15) is 15.9 Å². The molecule has 0 atom stereocenters. The molecule has 3 heterocycles. The summed E-state index contributed by atoms with van der Waals surface area (Å²) in [7, 11) is 0. The maximum Gasteiger partial charge on any atom is 2.00 e. The number of hydrogen-bond donors (Lipinski definition) is 0. The van der Waals surface area contributed by atoms with Crippen LogP contribution in [0.2, 0.25) is 0 Å². The number of thioether (sulfide) groups is 2. The number of ether oxygens (including phenoxy) is 1. The molecular formula is C39H34N4OPdS2. The molecule has 0 bridgehead atoms. The van der Waals surface area contributed by atoms with Gasteiger partial charge in [-0.15, -0.1) is 59.2 Å². The van der Waals surface area contributed by atoms with Gasteiger partial charge < -0.3 is 9.30 Å². The molecule has 0 aliphatic carbocycles. The fraction of sp³-hybridized carbons (Fsp3) is 0.179. The number of aryl methyl sites for hydroxylation is 3. The van der Waals surface area contributed by atoms with Crippen LogP contribution < -0.4 is 4.74 Å². The number of pyridine rings is 1. The number of para-hydroxylation sites is 1. The van der Waals surface area contributed by atoms with Crippen LogP contribution >= 0.6 is 23.5 Å². The molecule has 0 saturated heterocycles. The molecule has 5 nitrogen and oxygen atoms in total. The fourth-order valence-corrected chi connectivity index (χ4v) is 7.58. The number of aromatic nitrogens is 4. The monoisotopic (exact) mass is 744 g/mol. The van der Waals surface area contributed by atoms with Gasteiger partial charge in [-0.3, -0.25) is 4.68 Å². The second-order valence-corrected chi connectivity index (χ2v) is 13.2. The summed E-state index contributed by atoms with van der Waals surface area (Å²) in [4.78, 5) is 4.70. The van der Waals surface area contributed by atoms with Crippen LogP contribution in [0.3, 0.4) is 0 Å². The number of benzene rings is 4. The maximum atomic E-state index is 6.45. The Morgan fingerprint density at radius 3 is 2.19 bits per heavy atom. The van der Waals surface area contributed by atoms with Crippen molar-refractivity contribution in [1.29, 1.82) is 0 Å². The number of nitrogens with zero attached hydrogens (tertiary/aromatic N) is 4. The van der Waals surface area contributed by atoms with Gasteiger partial charge in [-0.1, -0.05) is 29.8 Å². The van der Waals surface area contributed by atoms with Crippen LogP contribution in [-0.4, -0.2) is 31.8 Å². The Labute approximate surface area is 298 Å². The van der Waals surface area contributed by atoms with E-state index in [0.29, 0.717) is 11.5 Å². The topological polar surface area (TPSA) is 44.9 Å². The van der Waals surface area contributed by atoms with Crippen LogP contribution in [0, 0.1) is 46.8 Å². The van der Waals surface area contributed by atoms with E-state index in [1.165, 1.54) is 33.4 Å². The van der Waals surface area contributed by atoms with Gasteiger partial charge in [0, 0.05) is 28.8 Å². The molecule has 0 radical (unpaired) electrons. The van der Waals surface area contributed by atoms with Crippen LogP contribution in [-0.2, 0) is 20.4 Å². The Morgan fingerprint density at radius 2 is 1.47 bits per heavy atom. The van der Waals surface area contributed by atoms with Gasteiger partial charge in [-0.2, -0.15) is 17.2 Å². The molecule has 0 saturated carbocycles. The molecule has 0 aliphatic rings. The fourth-order valence-electron chi connectivity index (χ4n) is 6.24. The average molecular weight is 745 g/mol. The normalized spacial score (nSPS) is 11.3. The van der Waals surface area contributed by atoms with E-state index in [1.54, 1.807) is 23.5 Å². The van der Waals surface area contributed by atoms with Crippen LogP contribution in [0.15, 0.2) is 89.0 Å². The van der Waals surface area contributed by atoms with Crippen molar-refractivity contribution in [1.82, 2.24) is 19.3 Å². The third kappa shape index (κ3) is 5.83. The summed E-state index contributed by atoms with van der Waals surface area (Å²) in [6.07, 6.45) is 6.05. The van der Waals surface area contributed by atoms with Gasteiger partial charge in [-0.05, 0) is 110 Å². The zero-order chi connectivity index (χ0) is 32.1. The van der Waals surface area contributed by atoms with Gasteiger partial charge in [0.2, 0.25) is 0 Å². The molecule has 8 heteroatoms. The number of rotatable bonds is 7. The Hall–Kier alpha value is -3.80. The predicted molar refractivity (Wildman–Crippen MR) is 193 cm³/mol. The standard InChI is InChI=1S/C39H34N4OS2.Pd/c1-23-17-18-40-35(19-23)42-33-14-9-8-13-31(33)32-16-15-30(22-34(32)42)44-29-12-10-11-28(21-29)43-39(46-7)37(38(41-43)45-6)36-26(4)24(2)20-25(3)27(36)5;/h8-20H,1-7H3;/q-2;+2. The molecule has 0 spiro atoms. The van der Waals surface area contributed by atoms with Gasteiger partial charge >= 0.3 is 20.4 Å². The summed E-state index contributed by atoms with van der Waals surface area (Å²) in [5.41, 5.74) is 11.6. The molecule has 0 unspecified atom stereocenters. The number of hydrogen-bond acceptors (Lipinski definition) is 5. The molecule has 238 valence electrons. The molecule has 3 aromatic heterocycles. The molecular weight excluding hydrogens is 711 g/mol. The van der Waals surface area contributed by atoms with Crippen molar-refractivity contribution in [3.05, 3.63) is 119 Å². The van der Waals surface area contributed by atoms with E-state index in [4.69, 9.17) is 14.8 Å². The minimum atomic E-state index is 0. The van der Waals surface area contributed by atoms with Gasteiger partial charge in [0.15, 0.2) is 0 Å². The summed E-state index contributed by atoms with van der Waals surface area (Å²) in [5.74, 6) is 2.05. The first-order valence-corrected chi connectivity index (χ1v) is 17.6. The van der Waals surface area contributed by atoms with Gasteiger partial charge in [-0.25, -0.2) is 4.98 Å². The predicted octanol–water partition coefficient (Wildman–Crippen LogP) is 10.4. The minimum Gasteiger partial charge on any atom is -0.509 e. The molecule has 4 aromatic carbocycles. The van der Waals surface area contributed by atoms with Crippen LogP contribution in [0.25, 0.3) is 44.4 Å². The SMILES string of the molecule is CSc1nn(-c2[c-]c(Oc3[c-]c4c(cc3)c3ccccc3n4-c3cc(C)ccn3)ccc2)c(SC)c1-c1c(C)c(C)cc(C)c1C.[Pd+2]. The summed E-state index contributed by atoms with van der Waals surface area (Å²) < 4.78 is 10.6. The van der Waals surface area contributed by atoms with Crippen molar-refractivity contribution in [3.8, 4) is 34.1 Å². The van der Waals surface area contributed by atoms with E-state index in [2.05, 4.69) is 106 Å². The third-order valence-corrected chi connectivity index (χ3v) is 10.1. The van der Waals surface area contributed by atoms with Crippen molar-refractivity contribution in [2.75, 3.05) is 12.5 Å². The number of fused-ring (bicyclic) bond motifs is 3. The summed E-state index contributed by atoms with van der Waals surface area (Å²) in [5, 5.41) is 9.43. The summed E-state index contributed by atoms with van der Waals surface area (Å²) in [6.45, 7) is 10.9. The first-order chi connectivity index (χ1) is 22.3. The second-order valence-electron chi connectivity index (χ2n) is 11.6. The second kappa shape index (κ2) is 13.4. The molecule has 0 N–H and O–H groups in total. The van der Waals surface area contributed by atoms with Crippen LogP contribution in [0.5, 0.6) is 11.5 Å². The zero-order valence-corrected chi connectivity index (χ0v) is 30.5. The zero-order valence-electron chi connectivity index (χ0n) is 27.3. The van der Waals surface area contributed by atoms with Crippen LogP contribution in [0.4, 0.5) is 0 Å². The van der Waals surface area contributed by atoms with Gasteiger partial charge in [0.25, 0.3) is 0 Å². The molecule has 7 rings (SSSR count). The Kier molecular flexibility index (Phi) is 9.42.